The Morgan fingerprint density at radius 3 is 3.00 bits per heavy atom. The summed E-state index contributed by atoms with van der Waals surface area (Å²) in [4.78, 5) is 10.9. The quantitative estimate of drug-likeness (QED) is 0.802. The van der Waals surface area contributed by atoms with Crippen LogP contribution in [0.25, 0.3) is 0 Å². The lowest BCUT2D eigenvalue weighted by Crippen LogP contribution is -2.47. The Bertz CT molecular complexity index is 450. The maximum absolute atomic E-state index is 5.82. The van der Waals surface area contributed by atoms with Crippen LogP contribution in [0.1, 0.15) is 25.5 Å². The molecule has 0 aromatic carbocycles. The highest BCUT2D eigenvalue weighted by atomic mass is 16.5. The molecular weight excluding hydrogens is 242 g/mol. The van der Waals surface area contributed by atoms with Gasteiger partial charge >= 0.3 is 0 Å². The van der Waals surface area contributed by atoms with Crippen LogP contribution in [-0.2, 0) is 4.74 Å². The summed E-state index contributed by atoms with van der Waals surface area (Å²) >= 11 is 0. The normalized spacial score (nSPS) is 26.8. The Labute approximate surface area is 113 Å². The number of fused-ring (bicyclic) bond motifs is 1. The SMILES string of the molecule is CC(C)c1cc(N2C[C@@H]3NCCO[C@@H]3C2)nc(N)n1. The number of aromatic nitrogens is 2. The van der Waals surface area contributed by atoms with Crippen molar-refractivity contribution in [3.8, 4) is 0 Å². The predicted molar refractivity (Wildman–Crippen MR) is 74.3 cm³/mol. The van der Waals surface area contributed by atoms with Crippen LogP contribution in [0.3, 0.4) is 0 Å². The Balaban J connectivity index is 1.82. The highest BCUT2D eigenvalue weighted by Crippen LogP contribution is 2.25. The fraction of sp³-hybridized carbons (Fsp3) is 0.692. The van der Waals surface area contributed by atoms with E-state index in [9.17, 15) is 0 Å². The first kappa shape index (κ1) is 12.6. The standard InChI is InChI=1S/C13H21N5O/c1-8(2)9-5-12(17-13(14)16-9)18-6-10-11(7-18)19-4-3-15-10/h5,8,10-11,15H,3-4,6-7H2,1-2H3,(H2,14,16,17)/t10-,11+/m0/s1. The molecule has 104 valence electrons. The molecule has 6 nitrogen and oxygen atoms in total. The number of anilines is 2. The number of nitrogen functional groups attached to an aromatic ring is 1. The Hall–Kier alpha value is -1.40. The highest BCUT2D eigenvalue weighted by Gasteiger charge is 2.36. The van der Waals surface area contributed by atoms with E-state index in [0.29, 0.717) is 17.9 Å². The van der Waals surface area contributed by atoms with Gasteiger partial charge in [-0.2, -0.15) is 4.98 Å². The molecule has 2 saturated heterocycles. The minimum absolute atomic E-state index is 0.257. The predicted octanol–water partition coefficient (Wildman–Crippen LogP) is 0.359. The van der Waals surface area contributed by atoms with Crippen molar-refractivity contribution in [2.24, 2.45) is 0 Å². The molecule has 6 heteroatoms. The smallest absolute Gasteiger partial charge is 0.222 e. The third-order valence-electron chi connectivity index (χ3n) is 3.77. The Morgan fingerprint density at radius 1 is 1.42 bits per heavy atom. The molecular formula is C13H21N5O. The monoisotopic (exact) mass is 263 g/mol. The molecule has 0 bridgehead atoms. The summed E-state index contributed by atoms with van der Waals surface area (Å²) < 4.78 is 5.78. The Kier molecular flexibility index (Phi) is 3.28. The fourth-order valence-corrected chi connectivity index (χ4v) is 2.71. The van der Waals surface area contributed by atoms with Gasteiger partial charge in [0.1, 0.15) is 5.82 Å². The summed E-state index contributed by atoms with van der Waals surface area (Å²) in [5, 5.41) is 3.49. The van der Waals surface area contributed by atoms with Crippen LogP contribution in [0.5, 0.6) is 0 Å². The van der Waals surface area contributed by atoms with Gasteiger partial charge in [-0.3, -0.25) is 0 Å². The molecule has 0 unspecified atom stereocenters. The van der Waals surface area contributed by atoms with Crippen molar-refractivity contribution in [2.75, 3.05) is 36.9 Å². The molecule has 3 N–H and O–H groups in total. The number of rotatable bonds is 2. The van der Waals surface area contributed by atoms with Crippen molar-refractivity contribution < 1.29 is 4.74 Å². The summed E-state index contributed by atoms with van der Waals surface area (Å²) in [7, 11) is 0. The summed E-state index contributed by atoms with van der Waals surface area (Å²) in [5.74, 6) is 1.62. The van der Waals surface area contributed by atoms with Crippen molar-refractivity contribution in [2.45, 2.75) is 31.9 Å². The van der Waals surface area contributed by atoms with Crippen LogP contribution in [0.4, 0.5) is 11.8 Å². The lowest BCUT2D eigenvalue weighted by Gasteiger charge is -2.25. The maximum atomic E-state index is 5.82. The van der Waals surface area contributed by atoms with Crippen molar-refractivity contribution in [3.05, 3.63) is 11.8 Å². The number of hydrogen-bond acceptors (Lipinski definition) is 6. The largest absolute Gasteiger partial charge is 0.373 e. The van der Waals surface area contributed by atoms with E-state index in [-0.39, 0.29) is 6.10 Å². The molecule has 1 aromatic heterocycles. The molecule has 0 spiro atoms. The molecule has 2 aliphatic heterocycles. The molecule has 0 saturated carbocycles. The van der Waals surface area contributed by atoms with Crippen LogP contribution >= 0.6 is 0 Å². The van der Waals surface area contributed by atoms with Crippen LogP contribution in [-0.4, -0.2) is 48.4 Å². The van der Waals surface area contributed by atoms with Gasteiger partial charge in [-0.05, 0) is 5.92 Å². The van der Waals surface area contributed by atoms with Gasteiger partial charge in [0.05, 0.1) is 24.4 Å². The molecule has 0 aliphatic carbocycles. The van der Waals surface area contributed by atoms with Crippen molar-refractivity contribution in [1.82, 2.24) is 15.3 Å². The summed E-state index contributed by atoms with van der Waals surface area (Å²) in [6.07, 6.45) is 0.257. The Morgan fingerprint density at radius 2 is 2.26 bits per heavy atom. The van der Waals surface area contributed by atoms with Gasteiger partial charge in [-0.15, -0.1) is 0 Å². The maximum Gasteiger partial charge on any atom is 0.222 e. The number of morpholine rings is 1. The topological polar surface area (TPSA) is 76.3 Å². The lowest BCUT2D eigenvalue weighted by molar-refractivity contribution is 0.0212. The third-order valence-corrected chi connectivity index (χ3v) is 3.77. The van der Waals surface area contributed by atoms with E-state index in [4.69, 9.17) is 10.5 Å². The van der Waals surface area contributed by atoms with E-state index in [1.54, 1.807) is 0 Å². The lowest BCUT2D eigenvalue weighted by atomic mass is 10.1. The molecule has 1 aromatic rings. The summed E-state index contributed by atoms with van der Waals surface area (Å²) in [5.41, 5.74) is 6.81. The second kappa shape index (κ2) is 4.94. The third kappa shape index (κ3) is 2.50. The van der Waals surface area contributed by atoms with Crippen molar-refractivity contribution >= 4 is 11.8 Å². The number of ether oxygens (including phenoxy) is 1. The molecule has 0 amide bonds. The van der Waals surface area contributed by atoms with Crippen molar-refractivity contribution in [3.63, 3.8) is 0 Å². The first-order valence-electron chi connectivity index (χ1n) is 6.88. The van der Waals surface area contributed by atoms with E-state index in [0.717, 1.165) is 37.8 Å². The van der Waals surface area contributed by atoms with Crippen LogP contribution < -0.4 is 16.0 Å². The average Bonchev–Trinajstić information content (AvgIpc) is 2.81. The van der Waals surface area contributed by atoms with E-state index in [1.165, 1.54) is 0 Å². The van der Waals surface area contributed by atoms with E-state index in [2.05, 4.69) is 34.0 Å². The first-order valence-corrected chi connectivity index (χ1v) is 6.88. The second-order valence-corrected chi connectivity index (χ2v) is 5.54. The van der Waals surface area contributed by atoms with E-state index in [1.807, 2.05) is 6.07 Å². The highest BCUT2D eigenvalue weighted by molar-refractivity contribution is 5.46. The first-order chi connectivity index (χ1) is 9.13. The molecule has 2 fully saturated rings. The zero-order chi connectivity index (χ0) is 13.4. The average molecular weight is 263 g/mol. The zero-order valence-corrected chi connectivity index (χ0v) is 11.5. The number of nitrogens with one attached hydrogen (secondary N) is 1. The minimum Gasteiger partial charge on any atom is -0.373 e. The van der Waals surface area contributed by atoms with Gasteiger partial charge in [0.15, 0.2) is 0 Å². The van der Waals surface area contributed by atoms with Gasteiger partial charge in [0.2, 0.25) is 5.95 Å². The number of nitrogens with zero attached hydrogens (tertiary/aromatic N) is 3. The zero-order valence-electron chi connectivity index (χ0n) is 11.5. The van der Waals surface area contributed by atoms with Crippen LogP contribution in [0, 0.1) is 0 Å². The van der Waals surface area contributed by atoms with Gasteiger partial charge in [0, 0.05) is 25.7 Å². The molecule has 2 atom stereocenters. The minimum atomic E-state index is 0.257. The van der Waals surface area contributed by atoms with Crippen LogP contribution in [0.15, 0.2) is 6.07 Å². The number of hydrogen-bond donors (Lipinski definition) is 2. The molecule has 2 aliphatic rings. The molecule has 3 heterocycles. The molecule has 0 radical (unpaired) electrons. The van der Waals surface area contributed by atoms with Gasteiger partial charge in [-0.1, -0.05) is 13.8 Å². The van der Waals surface area contributed by atoms with Gasteiger partial charge in [-0.25, -0.2) is 4.98 Å². The molecule has 19 heavy (non-hydrogen) atoms. The van der Waals surface area contributed by atoms with Crippen LogP contribution in [0.2, 0.25) is 0 Å². The number of nitrogens with two attached hydrogens (primary N) is 1. The molecule has 3 rings (SSSR count). The summed E-state index contributed by atoms with van der Waals surface area (Å²) in [6.45, 7) is 7.72. The van der Waals surface area contributed by atoms with Crippen molar-refractivity contribution in [1.29, 1.82) is 0 Å². The van der Waals surface area contributed by atoms with E-state index >= 15 is 0 Å². The van der Waals surface area contributed by atoms with Gasteiger partial charge in [0.25, 0.3) is 0 Å². The van der Waals surface area contributed by atoms with E-state index < -0.39 is 0 Å². The van der Waals surface area contributed by atoms with Gasteiger partial charge < -0.3 is 20.7 Å². The fourth-order valence-electron chi connectivity index (χ4n) is 2.71. The second-order valence-electron chi connectivity index (χ2n) is 5.54. The summed E-state index contributed by atoms with van der Waals surface area (Å²) in [6, 6.07) is 2.44.